The van der Waals surface area contributed by atoms with Gasteiger partial charge in [-0.25, -0.2) is 19.9 Å². The van der Waals surface area contributed by atoms with Crippen LogP contribution < -0.4 is 16.4 Å². The second-order valence-electron chi connectivity index (χ2n) is 8.67. The molecule has 1 aliphatic rings. The van der Waals surface area contributed by atoms with Crippen LogP contribution in [-0.2, 0) is 4.74 Å². The minimum atomic E-state index is -0.0285. The molecular formula is C23H31N7OS. The Morgan fingerprint density at radius 1 is 1.25 bits per heavy atom. The highest BCUT2D eigenvalue weighted by Gasteiger charge is 2.42. The zero-order valence-corrected chi connectivity index (χ0v) is 19.9. The molecule has 3 aromatic rings. The molecule has 0 saturated carbocycles. The van der Waals surface area contributed by atoms with E-state index in [1.54, 1.807) is 24.2 Å². The van der Waals surface area contributed by atoms with Crippen molar-refractivity contribution in [1.29, 1.82) is 0 Å². The highest BCUT2D eigenvalue weighted by molar-refractivity contribution is 7.99. The highest BCUT2D eigenvalue weighted by Crippen LogP contribution is 2.35. The lowest BCUT2D eigenvalue weighted by atomic mass is 9.80. The van der Waals surface area contributed by atoms with Gasteiger partial charge in [0.15, 0.2) is 5.65 Å². The summed E-state index contributed by atoms with van der Waals surface area (Å²) < 4.78 is 5.79. The van der Waals surface area contributed by atoms with Crippen LogP contribution in [-0.4, -0.2) is 51.8 Å². The average molecular weight is 454 g/mol. The summed E-state index contributed by atoms with van der Waals surface area (Å²) in [5, 5.41) is 0.845. The van der Waals surface area contributed by atoms with Crippen molar-refractivity contribution in [2.75, 3.05) is 30.3 Å². The minimum absolute atomic E-state index is 0.0285. The van der Waals surface area contributed by atoms with Crippen LogP contribution in [0.3, 0.4) is 0 Å². The maximum Gasteiger partial charge on any atom is 0.179 e. The summed E-state index contributed by atoms with van der Waals surface area (Å²) in [5.41, 5.74) is 14.6. The number of nitrogen functional groups attached to an aromatic ring is 1. The molecule has 0 aliphatic carbocycles. The first-order valence-corrected chi connectivity index (χ1v) is 11.8. The van der Waals surface area contributed by atoms with Gasteiger partial charge in [0, 0.05) is 41.2 Å². The van der Waals surface area contributed by atoms with Gasteiger partial charge in [0.1, 0.15) is 22.2 Å². The molecule has 1 unspecified atom stereocenters. The number of pyridine rings is 2. The third kappa shape index (κ3) is 4.51. The number of hydrogen-bond acceptors (Lipinski definition) is 9. The van der Waals surface area contributed by atoms with Gasteiger partial charge in [-0.15, -0.1) is 0 Å². The smallest absolute Gasteiger partial charge is 0.179 e. The van der Waals surface area contributed by atoms with Crippen LogP contribution in [0, 0.1) is 12.3 Å². The number of ether oxygens (including phenoxy) is 1. The quantitative estimate of drug-likeness (QED) is 0.555. The fourth-order valence-corrected chi connectivity index (χ4v) is 4.88. The molecule has 1 aliphatic heterocycles. The van der Waals surface area contributed by atoms with Crippen LogP contribution >= 0.6 is 11.8 Å². The van der Waals surface area contributed by atoms with Crippen molar-refractivity contribution in [3.05, 3.63) is 36.2 Å². The van der Waals surface area contributed by atoms with E-state index >= 15 is 0 Å². The Balaban J connectivity index is 1.50. The molecule has 4 rings (SSSR count). The Morgan fingerprint density at radius 2 is 2.06 bits per heavy atom. The van der Waals surface area contributed by atoms with E-state index in [2.05, 4.69) is 33.7 Å². The van der Waals surface area contributed by atoms with Gasteiger partial charge in [0.2, 0.25) is 0 Å². The van der Waals surface area contributed by atoms with E-state index in [0.717, 1.165) is 46.3 Å². The van der Waals surface area contributed by atoms with Crippen LogP contribution in [0.1, 0.15) is 32.8 Å². The molecule has 0 radical (unpaired) electrons. The van der Waals surface area contributed by atoms with Gasteiger partial charge in [-0.1, -0.05) is 18.7 Å². The lowest BCUT2D eigenvalue weighted by molar-refractivity contribution is 0.106. The molecule has 0 bridgehead atoms. The third-order valence-corrected chi connectivity index (χ3v) is 7.52. The Kier molecular flexibility index (Phi) is 6.50. The molecule has 9 heteroatoms. The Labute approximate surface area is 193 Å². The lowest BCUT2D eigenvalue weighted by Gasteiger charge is -2.31. The standard InChI is InChI=1S/C23H31N7OS/c1-5-30(11-9-23(4)13-31-15(3)20(23)24)18-12-27-22-16(28-18)6-7-19(29-22)32-17-8-10-26-21(25)14(17)2/h6-8,10,12,15,20H,5,9,11,13,24H2,1-4H3,(H2,25,26)/t15-,20+,23?/m0/s1. The van der Waals surface area contributed by atoms with Crippen molar-refractivity contribution in [3.63, 3.8) is 0 Å². The van der Waals surface area contributed by atoms with Crippen molar-refractivity contribution in [2.24, 2.45) is 11.1 Å². The van der Waals surface area contributed by atoms with E-state index < -0.39 is 0 Å². The number of aromatic nitrogens is 4. The number of nitrogens with zero attached hydrogens (tertiary/aromatic N) is 5. The maximum absolute atomic E-state index is 6.39. The number of anilines is 2. The highest BCUT2D eigenvalue weighted by atomic mass is 32.2. The first kappa shape index (κ1) is 22.7. The molecule has 32 heavy (non-hydrogen) atoms. The molecule has 1 fully saturated rings. The third-order valence-electron chi connectivity index (χ3n) is 6.42. The van der Waals surface area contributed by atoms with Crippen molar-refractivity contribution in [2.45, 2.75) is 56.2 Å². The number of hydrogen-bond donors (Lipinski definition) is 2. The zero-order valence-electron chi connectivity index (χ0n) is 19.1. The number of nitrogens with two attached hydrogens (primary N) is 2. The average Bonchev–Trinajstić information content (AvgIpc) is 3.05. The molecule has 8 nitrogen and oxygen atoms in total. The summed E-state index contributed by atoms with van der Waals surface area (Å²) in [6.45, 7) is 10.7. The van der Waals surface area contributed by atoms with Crippen LogP contribution in [0.25, 0.3) is 11.2 Å². The summed E-state index contributed by atoms with van der Waals surface area (Å²) in [4.78, 5) is 21.5. The lowest BCUT2D eigenvalue weighted by Crippen LogP contribution is -2.43. The SMILES string of the molecule is CCN(CCC1(C)CO[C@@H](C)[C@H]1N)c1cnc2nc(Sc3ccnc(N)c3C)ccc2n1. The van der Waals surface area contributed by atoms with Gasteiger partial charge in [0.05, 0.1) is 18.9 Å². The minimum Gasteiger partial charge on any atom is -0.383 e. The van der Waals surface area contributed by atoms with Crippen molar-refractivity contribution in [3.8, 4) is 0 Å². The molecule has 170 valence electrons. The van der Waals surface area contributed by atoms with Crippen molar-refractivity contribution >= 4 is 34.6 Å². The summed E-state index contributed by atoms with van der Waals surface area (Å²) in [6.07, 6.45) is 4.55. The van der Waals surface area contributed by atoms with E-state index in [-0.39, 0.29) is 17.6 Å². The summed E-state index contributed by atoms with van der Waals surface area (Å²) in [7, 11) is 0. The summed E-state index contributed by atoms with van der Waals surface area (Å²) in [6, 6.07) is 5.93. The van der Waals surface area contributed by atoms with Gasteiger partial charge >= 0.3 is 0 Å². The fraction of sp³-hybridized carbons (Fsp3) is 0.478. The van der Waals surface area contributed by atoms with E-state index in [4.69, 9.17) is 21.2 Å². The van der Waals surface area contributed by atoms with Gasteiger partial charge in [-0.05, 0) is 45.4 Å². The van der Waals surface area contributed by atoms with Gasteiger partial charge < -0.3 is 21.1 Å². The summed E-state index contributed by atoms with van der Waals surface area (Å²) >= 11 is 1.55. The van der Waals surface area contributed by atoms with Crippen LogP contribution in [0.15, 0.2) is 40.5 Å². The van der Waals surface area contributed by atoms with Crippen molar-refractivity contribution in [1.82, 2.24) is 19.9 Å². The predicted molar refractivity (Wildman–Crippen MR) is 129 cm³/mol. The van der Waals surface area contributed by atoms with E-state index in [0.29, 0.717) is 18.1 Å². The Bertz CT molecular complexity index is 1110. The second kappa shape index (κ2) is 9.17. The number of rotatable bonds is 7. The molecule has 0 spiro atoms. The molecular weight excluding hydrogens is 422 g/mol. The first-order valence-electron chi connectivity index (χ1n) is 11.0. The van der Waals surface area contributed by atoms with Crippen LogP contribution in [0.2, 0.25) is 0 Å². The molecule has 3 aromatic heterocycles. The zero-order chi connectivity index (χ0) is 22.9. The molecule has 3 atom stereocenters. The van der Waals surface area contributed by atoms with Gasteiger partial charge in [0.25, 0.3) is 0 Å². The summed E-state index contributed by atoms with van der Waals surface area (Å²) in [5.74, 6) is 1.39. The molecule has 4 N–H and O–H groups in total. The number of fused-ring (bicyclic) bond motifs is 1. The maximum atomic E-state index is 6.39. The monoisotopic (exact) mass is 453 g/mol. The Morgan fingerprint density at radius 3 is 2.78 bits per heavy atom. The molecule has 0 amide bonds. The topological polar surface area (TPSA) is 116 Å². The van der Waals surface area contributed by atoms with E-state index in [1.165, 1.54) is 0 Å². The van der Waals surface area contributed by atoms with Crippen LogP contribution in [0.5, 0.6) is 0 Å². The normalized spacial score (nSPS) is 23.0. The fourth-order valence-electron chi connectivity index (χ4n) is 4.00. The van der Waals surface area contributed by atoms with Crippen molar-refractivity contribution < 1.29 is 4.74 Å². The largest absolute Gasteiger partial charge is 0.383 e. The molecule has 4 heterocycles. The van der Waals surface area contributed by atoms with Crippen LogP contribution in [0.4, 0.5) is 11.6 Å². The van der Waals surface area contributed by atoms with E-state index in [1.807, 2.05) is 32.0 Å². The Hall–Kier alpha value is -2.49. The van der Waals surface area contributed by atoms with Gasteiger partial charge in [-0.3, -0.25) is 0 Å². The predicted octanol–water partition coefficient (Wildman–Crippen LogP) is 3.43. The second-order valence-corrected chi connectivity index (χ2v) is 9.73. The first-order chi connectivity index (χ1) is 15.3. The molecule has 0 aromatic carbocycles. The van der Waals surface area contributed by atoms with Gasteiger partial charge in [-0.2, -0.15) is 0 Å². The van der Waals surface area contributed by atoms with E-state index in [9.17, 15) is 0 Å². The molecule has 1 saturated heterocycles.